The number of hydrogen-bond acceptors (Lipinski definition) is 4. The van der Waals surface area contributed by atoms with E-state index in [-0.39, 0.29) is 5.57 Å². The van der Waals surface area contributed by atoms with E-state index in [2.05, 4.69) is 5.32 Å². The van der Waals surface area contributed by atoms with Gasteiger partial charge in [0, 0.05) is 44.6 Å². The third kappa shape index (κ3) is 5.91. The standard InChI is InChI=1S/C19H23F3N4O/c1-2-3-7-24-18(27)15(13-23)14-25-8-10-26(11-9-25)17-6-4-5-16(12-17)19(20,21)22/h4-6,12,14H,2-3,7-11H2,1H3,(H,24,27). The molecular formula is C19H23F3N4O. The SMILES string of the molecule is CCCCNC(=O)C(C#N)=CN1CCN(c2cccc(C(F)(F)F)c2)CC1. The van der Waals surface area contributed by atoms with Crippen LogP contribution in [-0.2, 0) is 11.0 Å². The zero-order valence-corrected chi connectivity index (χ0v) is 15.2. The van der Waals surface area contributed by atoms with Crippen LogP contribution in [0, 0.1) is 11.3 Å². The number of hydrogen-bond donors (Lipinski definition) is 1. The van der Waals surface area contributed by atoms with Crippen LogP contribution in [0.5, 0.6) is 0 Å². The molecule has 0 aromatic heterocycles. The van der Waals surface area contributed by atoms with Gasteiger partial charge in [0.05, 0.1) is 5.56 Å². The van der Waals surface area contributed by atoms with Gasteiger partial charge in [0.25, 0.3) is 5.91 Å². The van der Waals surface area contributed by atoms with Gasteiger partial charge in [0.1, 0.15) is 11.6 Å². The summed E-state index contributed by atoms with van der Waals surface area (Å²) in [6.07, 6.45) is -1.04. The van der Waals surface area contributed by atoms with Crippen molar-refractivity contribution in [3.05, 3.63) is 41.6 Å². The maximum atomic E-state index is 12.9. The number of alkyl halides is 3. The van der Waals surface area contributed by atoms with Crippen molar-refractivity contribution in [3.63, 3.8) is 0 Å². The lowest BCUT2D eigenvalue weighted by Gasteiger charge is -2.35. The zero-order valence-electron chi connectivity index (χ0n) is 15.2. The normalized spacial score (nSPS) is 15.4. The molecule has 27 heavy (non-hydrogen) atoms. The summed E-state index contributed by atoms with van der Waals surface area (Å²) >= 11 is 0. The van der Waals surface area contributed by atoms with Gasteiger partial charge in [-0.25, -0.2) is 0 Å². The Morgan fingerprint density at radius 3 is 2.59 bits per heavy atom. The number of anilines is 1. The Morgan fingerprint density at radius 2 is 2.00 bits per heavy atom. The maximum Gasteiger partial charge on any atom is 0.416 e. The number of rotatable bonds is 6. The summed E-state index contributed by atoms with van der Waals surface area (Å²) < 4.78 is 38.6. The number of amides is 1. The van der Waals surface area contributed by atoms with E-state index < -0.39 is 17.6 Å². The molecule has 1 aromatic rings. The second kappa shape index (κ2) is 9.31. The molecule has 0 unspecified atom stereocenters. The van der Waals surface area contributed by atoms with Crippen molar-refractivity contribution in [1.82, 2.24) is 10.2 Å². The van der Waals surface area contributed by atoms with E-state index in [1.54, 1.807) is 6.07 Å². The minimum Gasteiger partial charge on any atom is -0.373 e. The Balaban J connectivity index is 1.96. The van der Waals surface area contributed by atoms with Crippen LogP contribution in [0.15, 0.2) is 36.0 Å². The smallest absolute Gasteiger partial charge is 0.373 e. The number of halogens is 3. The van der Waals surface area contributed by atoms with Crippen LogP contribution in [-0.4, -0.2) is 43.5 Å². The van der Waals surface area contributed by atoms with Gasteiger partial charge in [-0.2, -0.15) is 18.4 Å². The fourth-order valence-electron chi connectivity index (χ4n) is 2.78. The summed E-state index contributed by atoms with van der Waals surface area (Å²) in [5.74, 6) is -0.397. The molecule has 1 aromatic carbocycles. The third-order valence-electron chi connectivity index (χ3n) is 4.35. The topological polar surface area (TPSA) is 59.4 Å². The number of nitrogens with zero attached hydrogens (tertiary/aromatic N) is 3. The molecule has 1 amide bonds. The lowest BCUT2D eigenvalue weighted by atomic mass is 10.1. The summed E-state index contributed by atoms with van der Waals surface area (Å²) in [6.45, 7) is 4.59. The van der Waals surface area contributed by atoms with Gasteiger partial charge >= 0.3 is 6.18 Å². The highest BCUT2D eigenvalue weighted by Gasteiger charge is 2.31. The number of carbonyl (C=O) groups excluding carboxylic acids is 1. The Kier molecular flexibility index (Phi) is 7.11. The summed E-state index contributed by atoms with van der Waals surface area (Å²) in [5, 5.41) is 11.9. The molecule has 1 aliphatic heterocycles. The molecule has 1 heterocycles. The number of unbranched alkanes of at least 4 members (excludes halogenated alkanes) is 1. The second-order valence-corrected chi connectivity index (χ2v) is 6.34. The van der Waals surface area contributed by atoms with E-state index in [9.17, 15) is 23.2 Å². The molecule has 0 spiro atoms. The third-order valence-corrected chi connectivity index (χ3v) is 4.35. The Morgan fingerprint density at radius 1 is 1.30 bits per heavy atom. The fourth-order valence-corrected chi connectivity index (χ4v) is 2.78. The van der Waals surface area contributed by atoms with E-state index in [4.69, 9.17) is 0 Å². The molecule has 146 valence electrons. The predicted octanol–water partition coefficient (Wildman–Crippen LogP) is 3.15. The van der Waals surface area contributed by atoms with E-state index in [0.717, 1.165) is 25.0 Å². The first-order chi connectivity index (χ1) is 12.8. The average Bonchev–Trinajstić information content (AvgIpc) is 2.66. The highest BCUT2D eigenvalue weighted by atomic mass is 19.4. The van der Waals surface area contributed by atoms with E-state index in [0.29, 0.717) is 38.4 Å². The molecular weight excluding hydrogens is 357 g/mol. The van der Waals surface area contributed by atoms with Crippen molar-refractivity contribution < 1.29 is 18.0 Å². The summed E-state index contributed by atoms with van der Waals surface area (Å²) in [7, 11) is 0. The summed E-state index contributed by atoms with van der Waals surface area (Å²) in [4.78, 5) is 15.7. The monoisotopic (exact) mass is 380 g/mol. The van der Waals surface area contributed by atoms with E-state index in [1.165, 1.54) is 12.3 Å². The number of nitrogens with one attached hydrogen (secondary N) is 1. The van der Waals surface area contributed by atoms with Gasteiger partial charge < -0.3 is 15.1 Å². The molecule has 1 aliphatic rings. The molecule has 1 fully saturated rings. The van der Waals surface area contributed by atoms with Crippen molar-refractivity contribution in [2.75, 3.05) is 37.6 Å². The van der Waals surface area contributed by atoms with Crippen LogP contribution in [0.1, 0.15) is 25.3 Å². The summed E-state index contributed by atoms with van der Waals surface area (Å²) in [5.41, 5.74) is -0.109. The molecule has 0 saturated carbocycles. The molecule has 2 rings (SSSR count). The molecule has 0 bridgehead atoms. The molecule has 5 nitrogen and oxygen atoms in total. The zero-order chi connectivity index (χ0) is 19.9. The van der Waals surface area contributed by atoms with Gasteiger partial charge in [-0.15, -0.1) is 0 Å². The van der Waals surface area contributed by atoms with Crippen LogP contribution in [0.3, 0.4) is 0 Å². The highest BCUT2D eigenvalue weighted by molar-refractivity contribution is 5.97. The largest absolute Gasteiger partial charge is 0.416 e. The van der Waals surface area contributed by atoms with Crippen molar-refractivity contribution in [1.29, 1.82) is 5.26 Å². The van der Waals surface area contributed by atoms with Crippen LogP contribution in [0.2, 0.25) is 0 Å². The minimum atomic E-state index is -4.37. The van der Waals surface area contributed by atoms with Gasteiger partial charge in [-0.3, -0.25) is 4.79 Å². The lowest BCUT2D eigenvalue weighted by molar-refractivity contribution is -0.137. The number of benzene rings is 1. The Labute approximate surface area is 157 Å². The molecule has 8 heteroatoms. The van der Waals surface area contributed by atoms with Crippen LogP contribution < -0.4 is 10.2 Å². The van der Waals surface area contributed by atoms with Gasteiger partial charge in [-0.1, -0.05) is 19.4 Å². The first-order valence-electron chi connectivity index (χ1n) is 8.91. The average molecular weight is 380 g/mol. The fraction of sp³-hybridized carbons (Fsp3) is 0.474. The quantitative estimate of drug-likeness (QED) is 0.468. The number of carbonyl (C=O) groups is 1. The van der Waals surface area contributed by atoms with Crippen molar-refractivity contribution in [2.24, 2.45) is 0 Å². The Hall–Kier alpha value is -2.69. The predicted molar refractivity (Wildman–Crippen MR) is 96.8 cm³/mol. The molecule has 1 saturated heterocycles. The van der Waals surface area contributed by atoms with Crippen LogP contribution in [0.25, 0.3) is 0 Å². The van der Waals surface area contributed by atoms with Crippen molar-refractivity contribution in [3.8, 4) is 6.07 Å². The molecule has 0 radical (unpaired) electrons. The van der Waals surface area contributed by atoms with Gasteiger partial charge in [-0.05, 0) is 24.6 Å². The Bertz CT molecular complexity index is 716. The molecule has 0 atom stereocenters. The lowest BCUT2D eigenvalue weighted by Crippen LogP contribution is -2.44. The van der Waals surface area contributed by atoms with E-state index in [1.807, 2.05) is 22.8 Å². The van der Waals surface area contributed by atoms with Crippen molar-refractivity contribution >= 4 is 11.6 Å². The second-order valence-electron chi connectivity index (χ2n) is 6.34. The number of nitriles is 1. The van der Waals surface area contributed by atoms with Crippen molar-refractivity contribution in [2.45, 2.75) is 25.9 Å². The first kappa shape index (κ1) is 20.6. The van der Waals surface area contributed by atoms with Gasteiger partial charge in [0.15, 0.2) is 0 Å². The highest BCUT2D eigenvalue weighted by Crippen LogP contribution is 2.31. The molecule has 1 N–H and O–H groups in total. The number of piperazine rings is 1. The van der Waals surface area contributed by atoms with Crippen LogP contribution >= 0.6 is 0 Å². The van der Waals surface area contributed by atoms with Crippen LogP contribution in [0.4, 0.5) is 18.9 Å². The first-order valence-corrected chi connectivity index (χ1v) is 8.91. The minimum absolute atomic E-state index is 0.0404. The van der Waals surface area contributed by atoms with Gasteiger partial charge in [0.2, 0.25) is 0 Å². The summed E-state index contributed by atoms with van der Waals surface area (Å²) in [6, 6.07) is 7.17. The van der Waals surface area contributed by atoms with E-state index >= 15 is 0 Å². The maximum absolute atomic E-state index is 12.9. The molecule has 0 aliphatic carbocycles.